The summed E-state index contributed by atoms with van der Waals surface area (Å²) in [5.74, 6) is 0.209. The molecule has 120 valence electrons. The van der Waals surface area contributed by atoms with Crippen LogP contribution in [0.5, 0.6) is 0 Å². The van der Waals surface area contributed by atoms with Crippen molar-refractivity contribution in [2.45, 2.75) is 65.0 Å². The van der Waals surface area contributed by atoms with Gasteiger partial charge in [0.15, 0.2) is 0 Å². The SMILES string of the molecule is CC(CCNC(=O)OC(C)(C)C)NC(=O)C1CC=CCC1. The molecule has 1 rings (SSSR count). The number of rotatable bonds is 5. The summed E-state index contributed by atoms with van der Waals surface area (Å²) in [4.78, 5) is 23.5. The van der Waals surface area contributed by atoms with E-state index in [0.29, 0.717) is 13.0 Å². The van der Waals surface area contributed by atoms with Crippen LogP contribution >= 0.6 is 0 Å². The zero-order valence-corrected chi connectivity index (χ0v) is 13.6. The van der Waals surface area contributed by atoms with Crippen LogP contribution in [0.3, 0.4) is 0 Å². The first kappa shape index (κ1) is 17.5. The second kappa shape index (κ2) is 8.05. The lowest BCUT2D eigenvalue weighted by Gasteiger charge is -2.22. The molecule has 0 saturated heterocycles. The Morgan fingerprint density at radius 1 is 1.33 bits per heavy atom. The maximum atomic E-state index is 12.0. The van der Waals surface area contributed by atoms with Crippen molar-refractivity contribution in [2.75, 3.05) is 6.54 Å². The summed E-state index contributed by atoms with van der Waals surface area (Å²) < 4.78 is 5.15. The first-order chi connectivity index (χ1) is 9.78. The Labute approximate surface area is 127 Å². The Bertz CT molecular complexity index is 385. The van der Waals surface area contributed by atoms with Gasteiger partial charge in [-0.2, -0.15) is 0 Å². The molecule has 2 unspecified atom stereocenters. The fourth-order valence-electron chi connectivity index (χ4n) is 2.17. The molecule has 2 N–H and O–H groups in total. The number of carbonyl (C=O) groups is 2. The lowest BCUT2D eigenvalue weighted by molar-refractivity contribution is -0.125. The molecule has 0 aliphatic heterocycles. The van der Waals surface area contributed by atoms with Gasteiger partial charge in [0.2, 0.25) is 5.91 Å². The molecule has 0 aromatic rings. The van der Waals surface area contributed by atoms with Crippen LogP contribution in [0.1, 0.15) is 53.4 Å². The van der Waals surface area contributed by atoms with Crippen LogP contribution in [-0.4, -0.2) is 30.2 Å². The first-order valence-corrected chi connectivity index (χ1v) is 7.70. The third kappa shape index (κ3) is 7.73. The largest absolute Gasteiger partial charge is 0.444 e. The molecule has 0 saturated carbocycles. The van der Waals surface area contributed by atoms with Crippen LogP contribution in [0, 0.1) is 5.92 Å². The minimum absolute atomic E-state index is 0.0401. The molecule has 0 fully saturated rings. The first-order valence-electron chi connectivity index (χ1n) is 7.70. The molecule has 0 aromatic heterocycles. The van der Waals surface area contributed by atoms with E-state index in [1.165, 1.54) is 0 Å². The molecule has 0 radical (unpaired) electrons. The highest BCUT2D eigenvalue weighted by molar-refractivity contribution is 5.79. The number of alkyl carbamates (subject to hydrolysis) is 1. The highest BCUT2D eigenvalue weighted by atomic mass is 16.6. The summed E-state index contributed by atoms with van der Waals surface area (Å²) in [6.45, 7) is 7.92. The standard InChI is InChI=1S/C16H28N2O3/c1-12(10-11-17-15(20)21-16(2,3)4)18-14(19)13-8-6-5-7-9-13/h5-6,12-13H,7-11H2,1-4H3,(H,17,20)(H,18,19). The average molecular weight is 296 g/mol. The van der Waals surface area contributed by atoms with Crippen LogP contribution < -0.4 is 10.6 Å². The summed E-state index contributed by atoms with van der Waals surface area (Å²) in [5, 5.41) is 5.71. The van der Waals surface area contributed by atoms with Gasteiger partial charge < -0.3 is 15.4 Å². The Morgan fingerprint density at radius 3 is 2.62 bits per heavy atom. The van der Waals surface area contributed by atoms with Gasteiger partial charge in [-0.15, -0.1) is 0 Å². The van der Waals surface area contributed by atoms with Crippen molar-refractivity contribution in [1.29, 1.82) is 0 Å². The van der Waals surface area contributed by atoms with E-state index >= 15 is 0 Å². The molecule has 0 bridgehead atoms. The molecular weight excluding hydrogens is 268 g/mol. The number of amides is 2. The summed E-state index contributed by atoms with van der Waals surface area (Å²) >= 11 is 0. The van der Waals surface area contributed by atoms with Crippen LogP contribution in [0.2, 0.25) is 0 Å². The molecule has 1 aliphatic carbocycles. The van der Waals surface area contributed by atoms with E-state index in [0.717, 1.165) is 19.3 Å². The second-order valence-corrected chi connectivity index (χ2v) is 6.61. The summed E-state index contributed by atoms with van der Waals surface area (Å²) in [7, 11) is 0. The topological polar surface area (TPSA) is 67.4 Å². The van der Waals surface area contributed by atoms with Crippen molar-refractivity contribution >= 4 is 12.0 Å². The number of allylic oxidation sites excluding steroid dienone is 2. The Kier molecular flexibility index (Phi) is 6.72. The molecule has 0 spiro atoms. The molecule has 1 aliphatic rings. The minimum atomic E-state index is -0.488. The van der Waals surface area contributed by atoms with Crippen molar-refractivity contribution in [3.63, 3.8) is 0 Å². The fraction of sp³-hybridized carbons (Fsp3) is 0.750. The van der Waals surface area contributed by atoms with E-state index < -0.39 is 11.7 Å². The lowest BCUT2D eigenvalue weighted by atomic mass is 9.93. The molecule has 5 nitrogen and oxygen atoms in total. The predicted octanol–water partition coefficient (Wildman–Crippen LogP) is 2.76. The van der Waals surface area contributed by atoms with Crippen molar-refractivity contribution in [3.8, 4) is 0 Å². The maximum Gasteiger partial charge on any atom is 0.407 e. The lowest BCUT2D eigenvalue weighted by Crippen LogP contribution is -2.40. The van der Waals surface area contributed by atoms with Gasteiger partial charge in [0.1, 0.15) is 5.60 Å². The second-order valence-electron chi connectivity index (χ2n) is 6.61. The van der Waals surface area contributed by atoms with Gasteiger partial charge in [0, 0.05) is 18.5 Å². The number of ether oxygens (including phenoxy) is 1. The van der Waals surface area contributed by atoms with Crippen molar-refractivity contribution < 1.29 is 14.3 Å². The van der Waals surface area contributed by atoms with Gasteiger partial charge in [-0.05, 0) is 53.4 Å². The molecule has 0 heterocycles. The van der Waals surface area contributed by atoms with Crippen LogP contribution in [0.15, 0.2) is 12.2 Å². The number of hydrogen-bond donors (Lipinski definition) is 2. The predicted molar refractivity (Wildman–Crippen MR) is 82.9 cm³/mol. The zero-order valence-electron chi connectivity index (χ0n) is 13.6. The van der Waals surface area contributed by atoms with Gasteiger partial charge in [-0.25, -0.2) is 4.79 Å². The zero-order chi connectivity index (χ0) is 15.9. The van der Waals surface area contributed by atoms with Gasteiger partial charge in [0.25, 0.3) is 0 Å². The van der Waals surface area contributed by atoms with E-state index in [4.69, 9.17) is 4.74 Å². The monoisotopic (exact) mass is 296 g/mol. The third-order valence-electron chi connectivity index (χ3n) is 3.27. The highest BCUT2D eigenvalue weighted by Gasteiger charge is 2.20. The van der Waals surface area contributed by atoms with E-state index in [-0.39, 0.29) is 17.9 Å². The summed E-state index contributed by atoms with van der Waals surface area (Å²) in [6.07, 6.45) is 7.19. The van der Waals surface area contributed by atoms with Gasteiger partial charge >= 0.3 is 6.09 Å². The highest BCUT2D eigenvalue weighted by Crippen LogP contribution is 2.18. The van der Waals surface area contributed by atoms with Crippen LogP contribution in [0.4, 0.5) is 4.79 Å². The summed E-state index contributed by atoms with van der Waals surface area (Å²) in [5.41, 5.74) is -0.488. The van der Waals surface area contributed by atoms with E-state index in [9.17, 15) is 9.59 Å². The molecule has 5 heteroatoms. The Morgan fingerprint density at radius 2 is 2.05 bits per heavy atom. The Balaban J connectivity index is 2.19. The van der Waals surface area contributed by atoms with Crippen molar-refractivity contribution in [1.82, 2.24) is 10.6 Å². The van der Waals surface area contributed by atoms with E-state index in [2.05, 4.69) is 22.8 Å². The van der Waals surface area contributed by atoms with E-state index in [1.54, 1.807) is 0 Å². The maximum absolute atomic E-state index is 12.0. The van der Waals surface area contributed by atoms with Crippen LogP contribution in [-0.2, 0) is 9.53 Å². The molecular formula is C16H28N2O3. The van der Waals surface area contributed by atoms with Crippen LogP contribution in [0.25, 0.3) is 0 Å². The van der Waals surface area contributed by atoms with Gasteiger partial charge in [-0.1, -0.05) is 12.2 Å². The van der Waals surface area contributed by atoms with Gasteiger partial charge in [-0.3, -0.25) is 4.79 Å². The number of hydrogen-bond acceptors (Lipinski definition) is 3. The third-order valence-corrected chi connectivity index (χ3v) is 3.27. The smallest absolute Gasteiger partial charge is 0.407 e. The summed E-state index contributed by atoms with van der Waals surface area (Å²) in [6, 6.07) is 0.0401. The normalized spacial score (nSPS) is 19.7. The number of carbonyl (C=O) groups excluding carboxylic acids is 2. The van der Waals surface area contributed by atoms with E-state index in [1.807, 2.05) is 27.7 Å². The molecule has 2 amide bonds. The quantitative estimate of drug-likeness (QED) is 0.767. The number of nitrogens with one attached hydrogen (secondary N) is 2. The van der Waals surface area contributed by atoms with Gasteiger partial charge in [0.05, 0.1) is 0 Å². The molecule has 2 atom stereocenters. The van der Waals surface area contributed by atoms with Crippen molar-refractivity contribution in [3.05, 3.63) is 12.2 Å². The Hall–Kier alpha value is -1.52. The van der Waals surface area contributed by atoms with Crippen molar-refractivity contribution in [2.24, 2.45) is 5.92 Å². The fourth-order valence-corrected chi connectivity index (χ4v) is 2.17. The minimum Gasteiger partial charge on any atom is -0.444 e. The molecule has 21 heavy (non-hydrogen) atoms. The molecule has 0 aromatic carbocycles. The average Bonchev–Trinajstić information content (AvgIpc) is 2.37.